The predicted molar refractivity (Wildman–Crippen MR) is 144 cm³/mol. The fourth-order valence-corrected chi connectivity index (χ4v) is 3.75. The molecule has 5 N–H and O–H groups in total. The number of nitrogens with zero attached hydrogens (tertiary/aromatic N) is 3. The molecule has 1 aromatic carbocycles. The van der Waals surface area contributed by atoms with E-state index in [2.05, 4.69) is 26.0 Å². The minimum absolute atomic E-state index is 0.0755. The van der Waals surface area contributed by atoms with Crippen molar-refractivity contribution in [3.05, 3.63) is 41.8 Å². The minimum atomic E-state index is -0.837. The van der Waals surface area contributed by atoms with Gasteiger partial charge in [-0.25, -0.2) is 14.2 Å². The molecule has 0 saturated heterocycles. The third kappa shape index (κ3) is 7.31. The molecule has 0 unspecified atom stereocenters. The molecule has 206 valence electrons. The molecule has 0 aliphatic rings. The van der Waals surface area contributed by atoms with Crippen molar-refractivity contribution in [3.63, 3.8) is 0 Å². The number of halogens is 1. The van der Waals surface area contributed by atoms with Crippen molar-refractivity contribution < 1.29 is 23.5 Å². The van der Waals surface area contributed by atoms with Gasteiger partial charge in [0, 0.05) is 24.2 Å². The highest BCUT2D eigenvalue weighted by atomic mass is 19.1. The molecule has 0 spiro atoms. The summed E-state index contributed by atoms with van der Waals surface area (Å²) in [5, 5.41) is 14.0. The average Bonchev–Trinajstić information content (AvgIpc) is 3.24. The Balaban J connectivity index is 1.89. The van der Waals surface area contributed by atoms with Crippen molar-refractivity contribution in [1.82, 2.24) is 20.1 Å². The van der Waals surface area contributed by atoms with Crippen LogP contribution >= 0.6 is 0 Å². The molecule has 11 nitrogen and oxygen atoms in total. The molecule has 2 heterocycles. The highest BCUT2D eigenvalue weighted by molar-refractivity contribution is 5.99. The number of carbonyl (C=O) groups is 2. The maximum absolute atomic E-state index is 15.1. The number of aromatic nitrogens is 3. The summed E-state index contributed by atoms with van der Waals surface area (Å²) in [6.45, 7) is 12.1. The van der Waals surface area contributed by atoms with E-state index in [1.807, 2.05) is 36.7 Å². The van der Waals surface area contributed by atoms with Gasteiger partial charge in [-0.15, -0.1) is 0 Å². The summed E-state index contributed by atoms with van der Waals surface area (Å²) in [6.07, 6.45) is 1.12. The van der Waals surface area contributed by atoms with Crippen LogP contribution in [0.25, 0.3) is 10.9 Å². The van der Waals surface area contributed by atoms with E-state index in [4.69, 9.17) is 15.2 Å². The molecule has 3 rings (SSSR count). The molecule has 0 aliphatic heterocycles. The number of hydrogen-bond acceptors (Lipinski definition) is 8. The van der Waals surface area contributed by atoms with E-state index in [0.717, 1.165) is 23.5 Å². The van der Waals surface area contributed by atoms with E-state index in [1.165, 1.54) is 0 Å². The lowest BCUT2D eigenvalue weighted by molar-refractivity contribution is 0.0487. The number of primary amides is 1. The van der Waals surface area contributed by atoms with Crippen LogP contribution < -0.4 is 21.7 Å². The van der Waals surface area contributed by atoms with Gasteiger partial charge in [-0.3, -0.25) is 9.48 Å². The second-order valence-electron chi connectivity index (χ2n) is 9.78. The van der Waals surface area contributed by atoms with Crippen LogP contribution in [0.3, 0.4) is 0 Å². The van der Waals surface area contributed by atoms with Gasteiger partial charge in [-0.1, -0.05) is 0 Å². The highest BCUT2D eigenvalue weighted by Gasteiger charge is 2.25. The van der Waals surface area contributed by atoms with Gasteiger partial charge in [0.05, 0.1) is 36.0 Å². The topological polar surface area (TPSA) is 145 Å². The van der Waals surface area contributed by atoms with Crippen LogP contribution in [-0.4, -0.2) is 57.7 Å². The summed E-state index contributed by atoms with van der Waals surface area (Å²) in [6, 6.07) is 5.47. The maximum Gasteiger partial charge on any atom is 0.407 e. The number of nitrogens with one attached hydrogen (secondary N) is 3. The van der Waals surface area contributed by atoms with Crippen LogP contribution in [0.2, 0.25) is 0 Å². The Morgan fingerprint density at radius 1 is 1.18 bits per heavy atom. The van der Waals surface area contributed by atoms with Crippen LogP contribution in [0, 0.1) is 5.82 Å². The number of alkyl carbamates (subject to hydrolysis) is 1. The van der Waals surface area contributed by atoms with Crippen LogP contribution in [-0.2, 0) is 16.0 Å². The Labute approximate surface area is 221 Å². The summed E-state index contributed by atoms with van der Waals surface area (Å²) in [5.74, 6) is -1.68. The van der Waals surface area contributed by atoms with E-state index < -0.39 is 35.5 Å². The Morgan fingerprint density at radius 3 is 2.55 bits per heavy atom. The molecule has 0 radical (unpaired) electrons. The van der Waals surface area contributed by atoms with E-state index in [-0.39, 0.29) is 23.8 Å². The second-order valence-corrected chi connectivity index (χ2v) is 9.78. The van der Waals surface area contributed by atoms with Crippen LogP contribution in [0.5, 0.6) is 0 Å². The van der Waals surface area contributed by atoms with E-state index in [0.29, 0.717) is 12.3 Å². The van der Waals surface area contributed by atoms with Gasteiger partial charge in [0.25, 0.3) is 5.91 Å². The highest BCUT2D eigenvalue weighted by Crippen LogP contribution is 2.27. The standard InChI is InChI=1S/C26H36FN7O4/c1-7-34-21-10-9-17(11-16(21)13-29-34)31-23-18(22(28)35)12-19(27)24(33-23)32-20(14-37-8-2)15(3)30-25(36)38-26(4,5)6/h9-13,15,20H,7-8,14H2,1-6H3,(H2,28,35)(H,30,36)(H2,31,32,33)/t15-,20+/m0/s1. The Morgan fingerprint density at radius 2 is 1.92 bits per heavy atom. The summed E-state index contributed by atoms with van der Waals surface area (Å²) in [7, 11) is 0. The largest absolute Gasteiger partial charge is 0.444 e. The molecule has 0 bridgehead atoms. The number of hydrogen-bond donors (Lipinski definition) is 4. The SMILES string of the molecule is CCOC[C@@H](Nc1nc(Nc2ccc3c(cnn3CC)c2)c(C(N)=O)cc1F)[C@H](C)NC(=O)OC(C)(C)C. The van der Waals surface area contributed by atoms with Crippen molar-refractivity contribution in [3.8, 4) is 0 Å². The summed E-state index contributed by atoms with van der Waals surface area (Å²) < 4.78 is 27.8. The molecule has 12 heteroatoms. The molecule has 2 aromatic heterocycles. The first-order valence-electron chi connectivity index (χ1n) is 12.5. The third-order valence-corrected chi connectivity index (χ3v) is 5.62. The summed E-state index contributed by atoms with van der Waals surface area (Å²) in [4.78, 5) is 28.7. The summed E-state index contributed by atoms with van der Waals surface area (Å²) in [5.41, 5.74) is 6.30. The lowest BCUT2D eigenvalue weighted by Crippen LogP contribution is -2.48. The zero-order chi connectivity index (χ0) is 28.0. The van der Waals surface area contributed by atoms with Gasteiger partial charge in [0.15, 0.2) is 11.6 Å². The van der Waals surface area contributed by atoms with Gasteiger partial charge in [-0.2, -0.15) is 5.10 Å². The van der Waals surface area contributed by atoms with Crippen molar-refractivity contribution in [2.75, 3.05) is 23.8 Å². The van der Waals surface area contributed by atoms with Gasteiger partial charge in [0.1, 0.15) is 11.4 Å². The van der Waals surface area contributed by atoms with E-state index in [9.17, 15) is 9.59 Å². The van der Waals surface area contributed by atoms with Gasteiger partial charge in [-0.05, 0) is 65.8 Å². The monoisotopic (exact) mass is 529 g/mol. The maximum atomic E-state index is 15.1. The fraction of sp³-hybridized carbons (Fsp3) is 0.462. The molecular formula is C26H36FN7O4. The molecule has 0 fully saturated rings. The zero-order valence-corrected chi connectivity index (χ0v) is 22.6. The number of anilines is 3. The lowest BCUT2D eigenvalue weighted by atomic mass is 10.1. The van der Waals surface area contributed by atoms with Crippen molar-refractivity contribution in [2.45, 2.75) is 65.8 Å². The third-order valence-electron chi connectivity index (χ3n) is 5.62. The molecule has 38 heavy (non-hydrogen) atoms. The number of nitrogens with two attached hydrogens (primary N) is 1. The molecular weight excluding hydrogens is 493 g/mol. The molecule has 3 aromatic rings. The normalized spacial score (nSPS) is 13.1. The number of pyridine rings is 1. The van der Waals surface area contributed by atoms with Crippen molar-refractivity contribution in [2.24, 2.45) is 5.73 Å². The summed E-state index contributed by atoms with van der Waals surface area (Å²) >= 11 is 0. The van der Waals surface area contributed by atoms with Gasteiger partial charge in [0.2, 0.25) is 0 Å². The van der Waals surface area contributed by atoms with E-state index in [1.54, 1.807) is 33.9 Å². The average molecular weight is 530 g/mol. The van der Waals surface area contributed by atoms with Crippen molar-refractivity contribution in [1.29, 1.82) is 0 Å². The number of ether oxygens (including phenoxy) is 2. The van der Waals surface area contributed by atoms with Gasteiger partial charge >= 0.3 is 6.09 Å². The smallest absolute Gasteiger partial charge is 0.407 e. The Kier molecular flexibility index (Phi) is 9.10. The zero-order valence-electron chi connectivity index (χ0n) is 22.6. The fourth-order valence-electron chi connectivity index (χ4n) is 3.75. The van der Waals surface area contributed by atoms with Crippen LogP contribution in [0.4, 0.5) is 26.5 Å². The van der Waals surface area contributed by atoms with Crippen molar-refractivity contribution >= 4 is 40.2 Å². The first-order valence-corrected chi connectivity index (χ1v) is 12.5. The number of carbonyl (C=O) groups excluding carboxylic acids is 2. The Hall–Kier alpha value is -3.93. The molecule has 2 amide bonds. The first kappa shape index (κ1) is 28.6. The van der Waals surface area contributed by atoms with Crippen LogP contribution in [0.15, 0.2) is 30.5 Å². The van der Waals surface area contributed by atoms with Gasteiger partial charge < -0.3 is 31.2 Å². The molecule has 0 aliphatic carbocycles. The van der Waals surface area contributed by atoms with E-state index >= 15 is 4.39 Å². The quantitative estimate of drug-likeness (QED) is 0.290. The first-order chi connectivity index (χ1) is 17.9. The number of fused-ring (bicyclic) bond motifs is 1. The number of aryl methyl sites for hydroxylation is 1. The number of rotatable bonds is 11. The lowest BCUT2D eigenvalue weighted by Gasteiger charge is -2.28. The van der Waals surface area contributed by atoms with Crippen LogP contribution in [0.1, 0.15) is 51.9 Å². The predicted octanol–water partition coefficient (Wildman–Crippen LogP) is 4.16. The minimum Gasteiger partial charge on any atom is -0.444 e. The number of benzene rings is 1. The Bertz CT molecular complexity index is 1290. The number of amides is 2. The molecule has 0 saturated carbocycles. The molecule has 2 atom stereocenters. The second kappa shape index (κ2) is 12.1.